The second-order valence-corrected chi connectivity index (χ2v) is 9.28. The van der Waals surface area contributed by atoms with E-state index in [1.165, 1.54) is 60.8 Å². The second kappa shape index (κ2) is 5.99. The Bertz CT molecular complexity index is 989. The lowest BCUT2D eigenvalue weighted by Crippen LogP contribution is -2.10. The van der Waals surface area contributed by atoms with Gasteiger partial charge >= 0.3 is 0 Å². The average Bonchev–Trinajstić information content (AvgIpc) is 3.72. The van der Waals surface area contributed by atoms with Crippen LogP contribution in [0.4, 0.5) is 0 Å². The summed E-state index contributed by atoms with van der Waals surface area (Å²) in [6.45, 7) is 1.41. The number of benzene rings is 2. The van der Waals surface area contributed by atoms with Gasteiger partial charge in [-0.1, -0.05) is 37.1 Å². The van der Waals surface area contributed by atoms with Crippen molar-refractivity contribution in [1.82, 2.24) is 0 Å². The highest BCUT2D eigenvalue weighted by Crippen LogP contribution is 2.64. The monoisotopic (exact) mass is 390 g/mol. The second-order valence-electron chi connectivity index (χ2n) is 9.28. The van der Waals surface area contributed by atoms with Crippen molar-refractivity contribution in [2.75, 3.05) is 13.2 Å². The minimum Gasteiger partial charge on any atom is -0.487 e. The Balaban J connectivity index is 1.37. The molecule has 2 saturated carbocycles. The van der Waals surface area contributed by atoms with Crippen LogP contribution in [0.5, 0.6) is 17.2 Å². The summed E-state index contributed by atoms with van der Waals surface area (Å²) in [7, 11) is 0. The van der Waals surface area contributed by atoms with Crippen LogP contribution >= 0.6 is 0 Å². The van der Waals surface area contributed by atoms with E-state index in [0.717, 1.165) is 30.3 Å². The largest absolute Gasteiger partial charge is 0.487 e. The first kappa shape index (κ1) is 16.7. The van der Waals surface area contributed by atoms with Gasteiger partial charge in [-0.3, -0.25) is 0 Å². The molecule has 0 spiro atoms. The van der Waals surface area contributed by atoms with Crippen molar-refractivity contribution in [3.8, 4) is 28.4 Å². The normalized spacial score (nSPS) is 31.2. The van der Waals surface area contributed by atoms with Gasteiger partial charge in [0.05, 0.1) is 12.7 Å². The van der Waals surface area contributed by atoms with Gasteiger partial charge in [0.25, 0.3) is 0 Å². The van der Waals surface area contributed by atoms with Crippen LogP contribution < -0.4 is 9.47 Å². The first-order chi connectivity index (χ1) is 14.3. The Labute approximate surface area is 171 Å². The van der Waals surface area contributed by atoms with Crippen LogP contribution in [0.3, 0.4) is 0 Å². The maximum Gasteiger partial charge on any atom is 0.212 e. The highest BCUT2D eigenvalue weighted by Gasteiger charge is 2.61. The van der Waals surface area contributed by atoms with Crippen LogP contribution in [-0.4, -0.2) is 25.4 Å². The molecule has 0 aromatic heterocycles. The maximum atomic E-state index is 6.24. The van der Waals surface area contributed by atoms with Gasteiger partial charge in [-0.15, -0.1) is 0 Å². The Hall–Kier alpha value is -2.04. The zero-order valence-corrected chi connectivity index (χ0v) is 16.6. The number of ether oxygens (including phenoxy) is 4. The van der Waals surface area contributed by atoms with Crippen LogP contribution in [0.25, 0.3) is 11.1 Å². The van der Waals surface area contributed by atoms with Crippen LogP contribution in [0, 0.1) is 0 Å². The summed E-state index contributed by atoms with van der Waals surface area (Å²) < 4.78 is 23.7. The predicted molar refractivity (Wildman–Crippen MR) is 109 cm³/mol. The van der Waals surface area contributed by atoms with Crippen molar-refractivity contribution in [1.29, 1.82) is 0 Å². The van der Waals surface area contributed by atoms with Crippen LogP contribution in [0.2, 0.25) is 0 Å². The van der Waals surface area contributed by atoms with Gasteiger partial charge in [0, 0.05) is 5.56 Å². The van der Waals surface area contributed by atoms with Crippen LogP contribution in [-0.2, 0) is 15.1 Å². The Morgan fingerprint density at radius 3 is 2.62 bits per heavy atom. The third-order valence-corrected chi connectivity index (χ3v) is 7.50. The number of epoxide rings is 2. The number of rotatable bonds is 6. The quantitative estimate of drug-likeness (QED) is 0.509. The van der Waals surface area contributed by atoms with Gasteiger partial charge in [-0.25, -0.2) is 0 Å². The van der Waals surface area contributed by atoms with Gasteiger partial charge < -0.3 is 18.9 Å². The minimum atomic E-state index is -0.0554. The molecule has 4 fully saturated rings. The predicted octanol–water partition coefficient (Wildman–Crippen LogP) is 5.67. The summed E-state index contributed by atoms with van der Waals surface area (Å²) in [6, 6.07) is 11.1. The molecule has 3 heterocycles. The molecule has 0 amide bonds. The van der Waals surface area contributed by atoms with Gasteiger partial charge in [0.15, 0.2) is 11.5 Å². The summed E-state index contributed by atoms with van der Waals surface area (Å²) in [5, 5.41) is 0. The van der Waals surface area contributed by atoms with E-state index < -0.39 is 0 Å². The van der Waals surface area contributed by atoms with Crippen LogP contribution in [0.15, 0.2) is 30.3 Å². The molecule has 2 aromatic carbocycles. The van der Waals surface area contributed by atoms with Crippen molar-refractivity contribution in [3.05, 3.63) is 41.5 Å². The van der Waals surface area contributed by atoms with Crippen LogP contribution in [0.1, 0.15) is 62.0 Å². The fraction of sp³-hybridized carbons (Fsp3) is 0.520. The molecule has 2 aromatic rings. The lowest BCUT2D eigenvalue weighted by Gasteiger charge is -2.20. The number of hydrogen-bond donors (Lipinski definition) is 0. The lowest BCUT2D eigenvalue weighted by molar-refractivity contribution is 0.254. The fourth-order valence-electron chi connectivity index (χ4n) is 5.85. The molecule has 2 aliphatic carbocycles. The van der Waals surface area contributed by atoms with E-state index in [1.807, 2.05) is 0 Å². The summed E-state index contributed by atoms with van der Waals surface area (Å²) >= 11 is 0. The summed E-state index contributed by atoms with van der Waals surface area (Å²) in [6.07, 6.45) is 9.37. The molecule has 4 nitrogen and oxygen atoms in total. The van der Waals surface area contributed by atoms with E-state index in [9.17, 15) is 0 Å². The molecule has 3 aliphatic heterocycles. The smallest absolute Gasteiger partial charge is 0.212 e. The molecule has 0 radical (unpaired) electrons. The molecule has 2 saturated heterocycles. The van der Waals surface area contributed by atoms with Gasteiger partial charge in [0.1, 0.15) is 18.3 Å². The first-order valence-electron chi connectivity index (χ1n) is 11.2. The van der Waals surface area contributed by atoms with E-state index in [2.05, 4.69) is 30.3 Å². The molecule has 4 heteroatoms. The van der Waals surface area contributed by atoms with E-state index in [0.29, 0.717) is 18.6 Å². The lowest BCUT2D eigenvalue weighted by atomic mass is 9.83. The summed E-state index contributed by atoms with van der Waals surface area (Å²) in [5.74, 6) is 3.49. The standard InChI is InChI=1S/C25H26O4/c1-2-7-15(6-1)22-18(12-20(23-24(22)28-23)27-14-16-13-26-16)17-8-3-4-9-19(17)25-11-5-10-21(25)29-25/h3-4,8-9,12,15-16,21H,1-2,5-7,10-11,13-14H2. The number of hydrogen-bond acceptors (Lipinski definition) is 4. The van der Waals surface area contributed by atoms with Crippen molar-refractivity contribution < 1.29 is 18.9 Å². The van der Waals surface area contributed by atoms with Gasteiger partial charge in [0.2, 0.25) is 5.75 Å². The van der Waals surface area contributed by atoms with Crippen molar-refractivity contribution in [3.63, 3.8) is 0 Å². The molecule has 29 heavy (non-hydrogen) atoms. The third-order valence-electron chi connectivity index (χ3n) is 7.50. The molecule has 3 atom stereocenters. The SMILES string of the molecule is c1ccc(C23CCCC2O3)c(-c2cc(OCC3CO3)c3c(c2C2CCCC2)O3)c1. The summed E-state index contributed by atoms with van der Waals surface area (Å²) in [5.41, 5.74) is 5.32. The Morgan fingerprint density at radius 2 is 1.86 bits per heavy atom. The molecule has 5 aliphatic rings. The molecule has 0 N–H and O–H groups in total. The van der Waals surface area contributed by atoms with Gasteiger partial charge in [-0.2, -0.15) is 0 Å². The molecular weight excluding hydrogens is 364 g/mol. The van der Waals surface area contributed by atoms with Crippen molar-refractivity contribution in [2.24, 2.45) is 0 Å². The highest BCUT2D eigenvalue weighted by atomic mass is 16.6. The Morgan fingerprint density at radius 1 is 1.00 bits per heavy atom. The molecule has 150 valence electrons. The molecule has 0 bridgehead atoms. The summed E-state index contributed by atoms with van der Waals surface area (Å²) in [4.78, 5) is 0. The average molecular weight is 390 g/mol. The minimum absolute atomic E-state index is 0.0554. The molecule has 3 unspecified atom stereocenters. The van der Waals surface area contributed by atoms with Gasteiger partial charge in [-0.05, 0) is 60.8 Å². The van der Waals surface area contributed by atoms with E-state index in [-0.39, 0.29) is 11.7 Å². The topological polar surface area (TPSA) is 46.8 Å². The molecule has 7 rings (SSSR count). The van der Waals surface area contributed by atoms with E-state index >= 15 is 0 Å². The highest BCUT2D eigenvalue weighted by molar-refractivity contribution is 5.83. The Kier molecular flexibility index (Phi) is 3.45. The first-order valence-corrected chi connectivity index (χ1v) is 11.2. The molecular formula is C25H26O4. The zero-order valence-electron chi connectivity index (χ0n) is 16.6. The zero-order chi connectivity index (χ0) is 19.0. The van der Waals surface area contributed by atoms with Crippen molar-refractivity contribution in [2.45, 2.75) is 68.7 Å². The van der Waals surface area contributed by atoms with E-state index in [1.54, 1.807) is 0 Å². The number of fused-ring (bicyclic) bond motifs is 2. The fourth-order valence-corrected chi connectivity index (χ4v) is 5.85. The van der Waals surface area contributed by atoms with E-state index in [4.69, 9.17) is 18.9 Å². The van der Waals surface area contributed by atoms with Crippen molar-refractivity contribution >= 4 is 0 Å². The third kappa shape index (κ3) is 2.58. The maximum absolute atomic E-state index is 6.24.